The predicted octanol–water partition coefficient (Wildman–Crippen LogP) is 3.63. The van der Waals surface area contributed by atoms with Crippen LogP contribution in [-0.2, 0) is 12.8 Å². The molecule has 0 fully saturated rings. The number of nitriles is 1. The van der Waals surface area contributed by atoms with E-state index in [1.54, 1.807) is 0 Å². The van der Waals surface area contributed by atoms with Crippen LogP contribution in [0.1, 0.15) is 54.9 Å². The molecule has 2 atom stereocenters. The number of aromatic nitrogens is 2. The molecule has 0 N–H and O–H groups in total. The Balaban J connectivity index is 1.80. The minimum Gasteiger partial charge on any atom is -0.339 e. The second-order valence-corrected chi connectivity index (χ2v) is 5.86. The normalized spacial score (nSPS) is 18.8. The van der Waals surface area contributed by atoms with Crippen LogP contribution in [0.15, 0.2) is 28.8 Å². The molecule has 0 saturated heterocycles. The first kappa shape index (κ1) is 13.8. The summed E-state index contributed by atoms with van der Waals surface area (Å²) in [5, 5.41) is 12.9. The van der Waals surface area contributed by atoms with Crippen LogP contribution in [0.4, 0.5) is 0 Å². The third-order valence-electron chi connectivity index (χ3n) is 4.13. The van der Waals surface area contributed by atoms with Gasteiger partial charge in [0.2, 0.25) is 5.89 Å². The topological polar surface area (TPSA) is 62.7 Å². The molecule has 2 aromatic rings. The van der Waals surface area contributed by atoms with Crippen molar-refractivity contribution in [1.82, 2.24) is 10.1 Å². The molecule has 0 radical (unpaired) electrons. The van der Waals surface area contributed by atoms with Crippen LogP contribution in [0.25, 0.3) is 0 Å². The Morgan fingerprint density at radius 1 is 1.43 bits per heavy atom. The van der Waals surface area contributed by atoms with Gasteiger partial charge in [-0.15, -0.1) is 0 Å². The van der Waals surface area contributed by atoms with E-state index in [4.69, 9.17) is 9.78 Å². The molecule has 3 rings (SSSR count). The SMILES string of the molecule is CC(CC#N)Cc1nc(C2CCCc3ccccc32)no1. The first-order valence-electron chi connectivity index (χ1n) is 7.55. The Morgan fingerprint density at radius 2 is 2.29 bits per heavy atom. The largest absolute Gasteiger partial charge is 0.339 e. The first-order chi connectivity index (χ1) is 10.3. The van der Waals surface area contributed by atoms with Gasteiger partial charge in [0.1, 0.15) is 0 Å². The van der Waals surface area contributed by atoms with Crippen molar-refractivity contribution in [3.05, 3.63) is 47.1 Å². The molecular formula is C17H19N3O. The number of aryl methyl sites for hydroxylation is 1. The van der Waals surface area contributed by atoms with Crippen molar-refractivity contribution in [1.29, 1.82) is 5.26 Å². The van der Waals surface area contributed by atoms with E-state index in [0.29, 0.717) is 18.7 Å². The average molecular weight is 281 g/mol. The molecule has 4 heteroatoms. The van der Waals surface area contributed by atoms with Gasteiger partial charge in [-0.2, -0.15) is 10.2 Å². The quantitative estimate of drug-likeness (QED) is 0.858. The average Bonchev–Trinajstić information content (AvgIpc) is 2.95. The summed E-state index contributed by atoms with van der Waals surface area (Å²) in [6.07, 6.45) is 4.57. The maximum absolute atomic E-state index is 8.72. The second kappa shape index (κ2) is 6.09. The fraction of sp³-hybridized carbons (Fsp3) is 0.471. The molecule has 1 aromatic carbocycles. The van der Waals surface area contributed by atoms with E-state index in [-0.39, 0.29) is 11.8 Å². The molecule has 1 aromatic heterocycles. The van der Waals surface area contributed by atoms with Gasteiger partial charge in [-0.05, 0) is 36.3 Å². The van der Waals surface area contributed by atoms with Crippen molar-refractivity contribution in [3.8, 4) is 6.07 Å². The van der Waals surface area contributed by atoms with Crippen LogP contribution in [-0.4, -0.2) is 10.1 Å². The standard InChI is InChI=1S/C17H19N3O/c1-12(9-10-18)11-16-19-17(20-21-16)15-8-4-6-13-5-2-3-7-14(13)15/h2-3,5,7,12,15H,4,6,8-9,11H2,1H3. The van der Waals surface area contributed by atoms with Crippen LogP contribution >= 0.6 is 0 Å². The molecule has 0 aliphatic heterocycles. The molecule has 4 nitrogen and oxygen atoms in total. The maximum Gasteiger partial charge on any atom is 0.226 e. The number of fused-ring (bicyclic) bond motifs is 1. The van der Waals surface area contributed by atoms with Gasteiger partial charge in [0.15, 0.2) is 5.82 Å². The Kier molecular flexibility index (Phi) is 4.01. The third-order valence-corrected chi connectivity index (χ3v) is 4.13. The lowest BCUT2D eigenvalue weighted by atomic mass is 9.82. The zero-order chi connectivity index (χ0) is 14.7. The number of hydrogen-bond donors (Lipinski definition) is 0. The molecule has 108 valence electrons. The second-order valence-electron chi connectivity index (χ2n) is 5.86. The number of hydrogen-bond acceptors (Lipinski definition) is 4. The highest BCUT2D eigenvalue weighted by atomic mass is 16.5. The van der Waals surface area contributed by atoms with Crippen molar-refractivity contribution < 1.29 is 4.52 Å². The van der Waals surface area contributed by atoms with Gasteiger partial charge in [0, 0.05) is 18.8 Å². The monoisotopic (exact) mass is 281 g/mol. The molecule has 0 saturated carbocycles. The number of nitrogens with zero attached hydrogens (tertiary/aromatic N) is 3. The van der Waals surface area contributed by atoms with Gasteiger partial charge in [-0.25, -0.2) is 0 Å². The summed E-state index contributed by atoms with van der Waals surface area (Å²) < 4.78 is 5.38. The Morgan fingerprint density at radius 3 is 3.14 bits per heavy atom. The van der Waals surface area contributed by atoms with Gasteiger partial charge in [0.05, 0.1) is 6.07 Å². The molecule has 21 heavy (non-hydrogen) atoms. The van der Waals surface area contributed by atoms with Crippen molar-refractivity contribution in [2.45, 2.75) is 44.9 Å². The van der Waals surface area contributed by atoms with Crippen molar-refractivity contribution in [3.63, 3.8) is 0 Å². The van der Waals surface area contributed by atoms with Gasteiger partial charge >= 0.3 is 0 Å². The van der Waals surface area contributed by atoms with E-state index >= 15 is 0 Å². The van der Waals surface area contributed by atoms with Gasteiger partial charge in [-0.3, -0.25) is 0 Å². The zero-order valence-corrected chi connectivity index (χ0v) is 12.2. The summed E-state index contributed by atoms with van der Waals surface area (Å²) in [4.78, 5) is 4.57. The highest BCUT2D eigenvalue weighted by molar-refractivity contribution is 5.36. The molecule has 0 amide bonds. The lowest BCUT2D eigenvalue weighted by Gasteiger charge is -2.22. The summed E-state index contributed by atoms with van der Waals surface area (Å²) >= 11 is 0. The Bertz CT molecular complexity index is 656. The smallest absolute Gasteiger partial charge is 0.226 e. The lowest BCUT2D eigenvalue weighted by molar-refractivity contribution is 0.352. The third kappa shape index (κ3) is 2.97. The molecule has 1 aliphatic carbocycles. The molecule has 0 bridgehead atoms. The van der Waals surface area contributed by atoms with Gasteiger partial charge < -0.3 is 4.52 Å². The van der Waals surface area contributed by atoms with E-state index in [1.165, 1.54) is 11.1 Å². The fourth-order valence-corrected chi connectivity index (χ4v) is 3.04. The highest BCUT2D eigenvalue weighted by Gasteiger charge is 2.25. The Labute approximate surface area is 124 Å². The lowest BCUT2D eigenvalue weighted by Crippen LogP contribution is -2.12. The molecule has 1 aliphatic rings. The number of rotatable bonds is 4. The van der Waals surface area contributed by atoms with Crippen LogP contribution in [0.2, 0.25) is 0 Å². The summed E-state index contributed by atoms with van der Waals surface area (Å²) in [5.41, 5.74) is 2.74. The van der Waals surface area contributed by atoms with Crippen molar-refractivity contribution in [2.24, 2.45) is 5.92 Å². The first-order valence-corrected chi connectivity index (χ1v) is 7.55. The summed E-state index contributed by atoms with van der Waals surface area (Å²) in [6.45, 7) is 2.03. The van der Waals surface area contributed by atoms with Crippen LogP contribution < -0.4 is 0 Å². The Hall–Kier alpha value is -2.15. The van der Waals surface area contributed by atoms with Gasteiger partial charge in [0.25, 0.3) is 0 Å². The fourth-order valence-electron chi connectivity index (χ4n) is 3.04. The molecule has 1 heterocycles. The minimum absolute atomic E-state index is 0.249. The van der Waals surface area contributed by atoms with E-state index < -0.39 is 0 Å². The van der Waals surface area contributed by atoms with E-state index in [9.17, 15) is 0 Å². The molecule has 0 spiro atoms. The molecular weight excluding hydrogens is 262 g/mol. The van der Waals surface area contributed by atoms with E-state index in [2.05, 4.69) is 40.5 Å². The van der Waals surface area contributed by atoms with Crippen molar-refractivity contribution >= 4 is 0 Å². The summed E-state index contributed by atoms with van der Waals surface area (Å²) in [5.74, 6) is 1.94. The summed E-state index contributed by atoms with van der Waals surface area (Å²) in [6, 6.07) is 10.7. The molecule has 2 unspecified atom stereocenters. The maximum atomic E-state index is 8.72. The van der Waals surface area contributed by atoms with Crippen molar-refractivity contribution in [2.75, 3.05) is 0 Å². The van der Waals surface area contributed by atoms with E-state index in [0.717, 1.165) is 25.1 Å². The van der Waals surface area contributed by atoms with E-state index in [1.807, 2.05) is 6.92 Å². The van der Waals surface area contributed by atoms with Crippen LogP contribution in [0, 0.1) is 17.2 Å². The number of benzene rings is 1. The predicted molar refractivity (Wildman–Crippen MR) is 78.6 cm³/mol. The summed E-state index contributed by atoms with van der Waals surface area (Å²) in [7, 11) is 0. The minimum atomic E-state index is 0.249. The van der Waals surface area contributed by atoms with Gasteiger partial charge in [-0.1, -0.05) is 36.3 Å². The van der Waals surface area contributed by atoms with Crippen LogP contribution in [0.3, 0.4) is 0 Å². The van der Waals surface area contributed by atoms with Crippen LogP contribution in [0.5, 0.6) is 0 Å². The zero-order valence-electron chi connectivity index (χ0n) is 12.2. The highest BCUT2D eigenvalue weighted by Crippen LogP contribution is 2.35.